The first kappa shape index (κ1) is 13.5. The van der Waals surface area contributed by atoms with Crippen LogP contribution in [0.5, 0.6) is 0 Å². The van der Waals surface area contributed by atoms with Crippen molar-refractivity contribution in [2.24, 2.45) is 11.3 Å². The molecule has 2 aliphatic carbocycles. The number of aliphatic hydroxyl groups is 2. The number of carbonyl (C=O) groups excluding carboxylic acids is 1. The molecule has 1 fully saturated rings. The third-order valence-corrected chi connectivity index (χ3v) is 4.88. The van der Waals surface area contributed by atoms with Gasteiger partial charge in [0.2, 0.25) is 0 Å². The number of aliphatic hydroxyl groups excluding tert-OH is 2. The SMILES string of the molecule is CC(C)=C1C(=O)C=C2CCC(O)C(C)C2(C)C1O. The fraction of sp³-hybridized carbons (Fsp3) is 0.667. The second-order valence-electron chi connectivity index (χ2n) is 6.03. The fourth-order valence-electron chi connectivity index (χ4n) is 3.36. The molecule has 0 bridgehead atoms. The quantitative estimate of drug-likeness (QED) is 0.646. The number of ketones is 1. The van der Waals surface area contributed by atoms with Gasteiger partial charge in [-0.2, -0.15) is 0 Å². The maximum atomic E-state index is 12.1. The molecule has 2 N–H and O–H groups in total. The highest BCUT2D eigenvalue weighted by molar-refractivity contribution is 6.07. The van der Waals surface area contributed by atoms with E-state index in [9.17, 15) is 15.0 Å². The van der Waals surface area contributed by atoms with Gasteiger partial charge in [0.15, 0.2) is 5.78 Å². The maximum Gasteiger partial charge on any atom is 0.184 e. The Balaban J connectivity index is 2.58. The van der Waals surface area contributed by atoms with E-state index in [4.69, 9.17) is 0 Å². The Morgan fingerprint density at radius 3 is 2.56 bits per heavy atom. The van der Waals surface area contributed by atoms with E-state index >= 15 is 0 Å². The van der Waals surface area contributed by atoms with Crippen molar-refractivity contribution >= 4 is 5.78 Å². The topological polar surface area (TPSA) is 57.5 Å². The van der Waals surface area contributed by atoms with Gasteiger partial charge in [0.25, 0.3) is 0 Å². The van der Waals surface area contributed by atoms with Crippen molar-refractivity contribution in [2.45, 2.75) is 52.7 Å². The highest BCUT2D eigenvalue weighted by Crippen LogP contribution is 2.51. The molecule has 2 aliphatic rings. The average Bonchev–Trinajstić information content (AvgIpc) is 2.28. The molecule has 0 amide bonds. The van der Waals surface area contributed by atoms with Crippen LogP contribution in [0.15, 0.2) is 22.8 Å². The lowest BCUT2D eigenvalue weighted by Crippen LogP contribution is -2.51. The molecule has 0 aromatic carbocycles. The van der Waals surface area contributed by atoms with Gasteiger partial charge in [-0.15, -0.1) is 0 Å². The minimum Gasteiger partial charge on any atom is -0.393 e. The van der Waals surface area contributed by atoms with Crippen LogP contribution in [0.25, 0.3) is 0 Å². The summed E-state index contributed by atoms with van der Waals surface area (Å²) in [6.45, 7) is 7.62. The molecule has 4 atom stereocenters. The Hall–Kier alpha value is -0.930. The molecule has 0 heterocycles. The third kappa shape index (κ3) is 1.69. The van der Waals surface area contributed by atoms with Gasteiger partial charge in [-0.1, -0.05) is 25.0 Å². The summed E-state index contributed by atoms with van der Waals surface area (Å²) in [5.41, 5.74) is 1.83. The molecule has 0 radical (unpaired) electrons. The minimum atomic E-state index is -0.806. The van der Waals surface area contributed by atoms with E-state index < -0.39 is 17.6 Å². The average molecular weight is 250 g/mol. The molecule has 4 unspecified atom stereocenters. The molecular formula is C15H22O3. The summed E-state index contributed by atoms with van der Waals surface area (Å²) in [5, 5.41) is 20.7. The molecule has 0 aromatic heterocycles. The van der Waals surface area contributed by atoms with Crippen LogP contribution in [0.3, 0.4) is 0 Å². The second kappa shape index (κ2) is 4.32. The van der Waals surface area contributed by atoms with Crippen molar-refractivity contribution in [1.29, 1.82) is 0 Å². The van der Waals surface area contributed by atoms with Crippen molar-refractivity contribution < 1.29 is 15.0 Å². The normalized spacial score (nSPS) is 40.3. The summed E-state index contributed by atoms with van der Waals surface area (Å²) in [7, 11) is 0. The highest BCUT2D eigenvalue weighted by atomic mass is 16.3. The van der Waals surface area contributed by atoms with Crippen LogP contribution in [-0.2, 0) is 4.79 Å². The molecule has 0 aliphatic heterocycles. The Morgan fingerprint density at radius 2 is 2.00 bits per heavy atom. The van der Waals surface area contributed by atoms with E-state index in [1.54, 1.807) is 6.08 Å². The number of carbonyl (C=O) groups is 1. The zero-order chi connectivity index (χ0) is 13.7. The van der Waals surface area contributed by atoms with E-state index in [-0.39, 0.29) is 11.7 Å². The van der Waals surface area contributed by atoms with Gasteiger partial charge in [0.1, 0.15) is 0 Å². The first-order valence-corrected chi connectivity index (χ1v) is 6.59. The number of hydrogen-bond acceptors (Lipinski definition) is 3. The summed E-state index contributed by atoms with van der Waals surface area (Å²) in [4.78, 5) is 12.1. The third-order valence-electron chi connectivity index (χ3n) is 4.88. The molecular weight excluding hydrogens is 228 g/mol. The predicted molar refractivity (Wildman–Crippen MR) is 70.0 cm³/mol. The van der Waals surface area contributed by atoms with Crippen molar-refractivity contribution in [1.82, 2.24) is 0 Å². The fourth-order valence-corrected chi connectivity index (χ4v) is 3.36. The van der Waals surface area contributed by atoms with Crippen molar-refractivity contribution in [2.75, 3.05) is 0 Å². The van der Waals surface area contributed by atoms with E-state index in [0.29, 0.717) is 18.4 Å². The molecule has 100 valence electrons. The van der Waals surface area contributed by atoms with Crippen molar-refractivity contribution in [3.63, 3.8) is 0 Å². The van der Waals surface area contributed by atoms with Crippen LogP contribution in [0.1, 0.15) is 40.5 Å². The molecule has 18 heavy (non-hydrogen) atoms. The summed E-state index contributed by atoms with van der Waals surface area (Å²) in [5.74, 6) is -0.117. The van der Waals surface area contributed by atoms with Crippen LogP contribution in [0.4, 0.5) is 0 Å². The smallest absolute Gasteiger partial charge is 0.184 e. The molecule has 0 aromatic rings. The van der Waals surface area contributed by atoms with Gasteiger partial charge in [0.05, 0.1) is 12.2 Å². The lowest BCUT2D eigenvalue weighted by molar-refractivity contribution is -0.116. The Bertz CT molecular complexity index is 443. The minimum absolute atomic E-state index is 0.0463. The standard InChI is InChI=1S/C15H22O3/c1-8(2)13-12(17)7-10-5-6-11(16)9(3)15(10,4)14(13)18/h7,9,11,14,16,18H,5-6H2,1-4H3. The summed E-state index contributed by atoms with van der Waals surface area (Å²) in [6, 6.07) is 0. The van der Waals surface area contributed by atoms with Gasteiger partial charge in [-0.25, -0.2) is 0 Å². The summed E-state index contributed by atoms with van der Waals surface area (Å²) in [6.07, 6.45) is 1.83. The molecule has 2 rings (SSSR count). The zero-order valence-electron chi connectivity index (χ0n) is 11.5. The van der Waals surface area contributed by atoms with Gasteiger partial charge in [0, 0.05) is 11.0 Å². The van der Waals surface area contributed by atoms with Crippen LogP contribution < -0.4 is 0 Å². The molecule has 0 saturated heterocycles. The summed E-state index contributed by atoms with van der Waals surface area (Å²) < 4.78 is 0. The Morgan fingerprint density at radius 1 is 1.39 bits per heavy atom. The van der Waals surface area contributed by atoms with Crippen molar-refractivity contribution in [3.05, 3.63) is 22.8 Å². The molecule has 0 spiro atoms. The van der Waals surface area contributed by atoms with Gasteiger partial charge < -0.3 is 10.2 Å². The highest BCUT2D eigenvalue weighted by Gasteiger charge is 2.51. The number of allylic oxidation sites excluding steroid dienone is 2. The zero-order valence-corrected chi connectivity index (χ0v) is 11.5. The lowest BCUT2D eigenvalue weighted by atomic mass is 9.57. The van der Waals surface area contributed by atoms with Crippen LogP contribution in [-0.4, -0.2) is 28.2 Å². The van der Waals surface area contributed by atoms with E-state index in [1.807, 2.05) is 27.7 Å². The Kier molecular flexibility index (Phi) is 3.24. The number of fused-ring (bicyclic) bond motifs is 1. The van der Waals surface area contributed by atoms with Crippen LogP contribution in [0, 0.1) is 11.3 Å². The first-order valence-electron chi connectivity index (χ1n) is 6.59. The summed E-state index contributed by atoms with van der Waals surface area (Å²) >= 11 is 0. The molecule has 3 heteroatoms. The van der Waals surface area contributed by atoms with Gasteiger partial charge in [-0.3, -0.25) is 4.79 Å². The Labute approximate surface area is 108 Å². The predicted octanol–water partition coefficient (Wildman–Crippen LogP) is 1.99. The largest absolute Gasteiger partial charge is 0.393 e. The second-order valence-corrected chi connectivity index (χ2v) is 6.03. The molecule has 3 nitrogen and oxygen atoms in total. The van der Waals surface area contributed by atoms with E-state index in [2.05, 4.69) is 0 Å². The maximum absolute atomic E-state index is 12.1. The van der Waals surface area contributed by atoms with Gasteiger partial charge >= 0.3 is 0 Å². The first-order chi connectivity index (χ1) is 8.30. The monoisotopic (exact) mass is 250 g/mol. The lowest BCUT2D eigenvalue weighted by Gasteiger charge is -2.50. The number of rotatable bonds is 0. The van der Waals surface area contributed by atoms with Crippen LogP contribution in [0.2, 0.25) is 0 Å². The van der Waals surface area contributed by atoms with Crippen molar-refractivity contribution in [3.8, 4) is 0 Å². The van der Waals surface area contributed by atoms with Gasteiger partial charge in [-0.05, 0) is 38.7 Å². The van der Waals surface area contributed by atoms with E-state index in [1.165, 1.54) is 0 Å². The van der Waals surface area contributed by atoms with E-state index in [0.717, 1.165) is 11.1 Å². The van der Waals surface area contributed by atoms with Crippen LogP contribution >= 0.6 is 0 Å². The number of hydrogen-bond donors (Lipinski definition) is 2. The molecule has 1 saturated carbocycles.